The minimum absolute atomic E-state index is 0.532. The summed E-state index contributed by atoms with van der Waals surface area (Å²) in [6.45, 7) is 3.48. The number of benzene rings is 1. The van der Waals surface area contributed by atoms with Gasteiger partial charge in [0, 0.05) is 43.7 Å². The first-order chi connectivity index (χ1) is 15.7. The van der Waals surface area contributed by atoms with Gasteiger partial charge in [0.2, 0.25) is 5.95 Å². The van der Waals surface area contributed by atoms with Gasteiger partial charge in [-0.2, -0.15) is 10.2 Å². The minimum atomic E-state index is 0.532. The van der Waals surface area contributed by atoms with Crippen LogP contribution in [0.1, 0.15) is 23.7 Å². The van der Waals surface area contributed by atoms with Crippen LogP contribution in [0.4, 0.5) is 11.8 Å². The number of fused-ring (bicyclic) bond motifs is 3. The lowest BCUT2D eigenvalue weighted by molar-refractivity contribution is 0.183. The van der Waals surface area contributed by atoms with Crippen molar-refractivity contribution in [3.05, 3.63) is 59.5 Å². The lowest BCUT2D eigenvalue weighted by atomic mass is 9.91. The van der Waals surface area contributed by atoms with E-state index in [4.69, 9.17) is 14.8 Å². The Bertz CT molecular complexity index is 1240. The SMILES string of the molecule is CCc1ccc(-c2c3c(nn2C)CCc2cnc(Nc4ccn(CCOC)n4)nc2-3)cc1. The number of nitrogens with zero attached hydrogens (tertiary/aromatic N) is 6. The molecule has 0 radical (unpaired) electrons. The molecule has 0 fully saturated rings. The standard InChI is InChI=1S/C24H27N7O/c1-4-16-5-7-17(8-6-16)23-21-19(28-30(23)2)10-9-18-15-25-24(27-22(18)21)26-20-11-12-31(29-20)13-14-32-3/h5-8,11-12,15H,4,9-10,13-14H2,1-3H3,(H,25,26,27,29). The van der Waals surface area contributed by atoms with Crippen molar-refractivity contribution in [3.8, 4) is 22.5 Å². The predicted octanol–water partition coefficient (Wildman–Crippen LogP) is 3.79. The van der Waals surface area contributed by atoms with E-state index in [0.717, 1.165) is 53.0 Å². The molecule has 0 unspecified atom stereocenters. The monoisotopic (exact) mass is 429 g/mol. The van der Waals surface area contributed by atoms with Gasteiger partial charge in [-0.1, -0.05) is 31.2 Å². The fourth-order valence-corrected chi connectivity index (χ4v) is 4.20. The zero-order chi connectivity index (χ0) is 22.1. The number of methoxy groups -OCH3 is 1. The average molecular weight is 430 g/mol. The molecular formula is C24H27N7O. The molecule has 4 aromatic rings. The van der Waals surface area contributed by atoms with Crippen molar-refractivity contribution in [3.63, 3.8) is 0 Å². The van der Waals surface area contributed by atoms with Crippen molar-refractivity contribution in [2.45, 2.75) is 32.7 Å². The summed E-state index contributed by atoms with van der Waals surface area (Å²) in [5, 5.41) is 12.6. The topological polar surface area (TPSA) is 82.7 Å². The Morgan fingerprint density at radius 1 is 1.09 bits per heavy atom. The van der Waals surface area contributed by atoms with Gasteiger partial charge in [0.15, 0.2) is 5.82 Å². The van der Waals surface area contributed by atoms with Crippen molar-refractivity contribution < 1.29 is 4.74 Å². The Balaban J connectivity index is 1.50. The van der Waals surface area contributed by atoms with Crippen LogP contribution in [0.3, 0.4) is 0 Å². The number of anilines is 2. The molecule has 5 rings (SSSR count). The zero-order valence-electron chi connectivity index (χ0n) is 18.7. The van der Waals surface area contributed by atoms with Gasteiger partial charge in [-0.15, -0.1) is 0 Å². The van der Waals surface area contributed by atoms with Crippen molar-refractivity contribution in [1.29, 1.82) is 0 Å². The first-order valence-electron chi connectivity index (χ1n) is 11.0. The number of hydrogen-bond acceptors (Lipinski definition) is 6. The van der Waals surface area contributed by atoms with Crippen LogP contribution in [0, 0.1) is 0 Å². The van der Waals surface area contributed by atoms with E-state index in [1.54, 1.807) is 7.11 Å². The highest BCUT2D eigenvalue weighted by Gasteiger charge is 2.27. The van der Waals surface area contributed by atoms with Crippen LogP contribution < -0.4 is 5.32 Å². The molecule has 0 bridgehead atoms. The largest absolute Gasteiger partial charge is 0.383 e. The van der Waals surface area contributed by atoms with Gasteiger partial charge in [0.25, 0.3) is 0 Å². The van der Waals surface area contributed by atoms with Gasteiger partial charge in [-0.3, -0.25) is 9.36 Å². The van der Waals surface area contributed by atoms with Crippen LogP contribution in [-0.2, 0) is 37.6 Å². The fraction of sp³-hybridized carbons (Fsp3) is 0.333. The molecule has 8 nitrogen and oxygen atoms in total. The highest BCUT2D eigenvalue weighted by molar-refractivity contribution is 5.84. The average Bonchev–Trinajstić information content (AvgIpc) is 3.41. The second-order valence-electron chi connectivity index (χ2n) is 7.99. The summed E-state index contributed by atoms with van der Waals surface area (Å²) < 4.78 is 8.93. The third-order valence-corrected chi connectivity index (χ3v) is 5.89. The summed E-state index contributed by atoms with van der Waals surface area (Å²) in [7, 11) is 3.69. The van der Waals surface area contributed by atoms with Crippen molar-refractivity contribution in [2.75, 3.05) is 19.0 Å². The number of aromatic nitrogens is 6. The Kier molecular flexibility index (Phi) is 5.45. The molecule has 3 aromatic heterocycles. The summed E-state index contributed by atoms with van der Waals surface area (Å²) in [5.74, 6) is 1.24. The molecule has 3 heterocycles. The molecule has 0 spiro atoms. The van der Waals surface area contributed by atoms with Crippen LogP contribution in [0.15, 0.2) is 42.7 Å². The number of rotatable bonds is 7. The van der Waals surface area contributed by atoms with Crippen LogP contribution in [0.5, 0.6) is 0 Å². The molecular weight excluding hydrogens is 402 g/mol. The Hall–Kier alpha value is -3.52. The summed E-state index contributed by atoms with van der Waals surface area (Å²) in [4.78, 5) is 9.45. The van der Waals surface area contributed by atoms with Gasteiger partial charge in [0.05, 0.1) is 30.2 Å². The molecule has 0 saturated carbocycles. The molecule has 0 aliphatic heterocycles. The minimum Gasteiger partial charge on any atom is -0.383 e. The van der Waals surface area contributed by atoms with E-state index in [-0.39, 0.29) is 0 Å². The Labute approximate surface area is 187 Å². The molecule has 1 aromatic carbocycles. The number of ether oxygens (including phenoxy) is 1. The third kappa shape index (κ3) is 3.78. The van der Waals surface area contributed by atoms with Gasteiger partial charge < -0.3 is 10.1 Å². The quantitative estimate of drug-likeness (QED) is 0.481. The molecule has 8 heteroatoms. The molecule has 0 amide bonds. The Morgan fingerprint density at radius 3 is 2.72 bits per heavy atom. The third-order valence-electron chi connectivity index (χ3n) is 5.89. The molecule has 1 aliphatic carbocycles. The smallest absolute Gasteiger partial charge is 0.228 e. The summed E-state index contributed by atoms with van der Waals surface area (Å²) in [5.41, 5.74) is 7.85. The van der Waals surface area contributed by atoms with Gasteiger partial charge >= 0.3 is 0 Å². The van der Waals surface area contributed by atoms with Gasteiger partial charge in [-0.25, -0.2) is 9.97 Å². The van der Waals surface area contributed by atoms with E-state index < -0.39 is 0 Å². The lowest BCUT2D eigenvalue weighted by Crippen LogP contribution is -2.09. The maximum Gasteiger partial charge on any atom is 0.228 e. The van der Waals surface area contributed by atoms with Gasteiger partial charge in [-0.05, 0) is 30.4 Å². The summed E-state index contributed by atoms with van der Waals surface area (Å²) in [6.07, 6.45) is 6.64. The molecule has 0 atom stereocenters. The predicted molar refractivity (Wildman–Crippen MR) is 124 cm³/mol. The second kappa shape index (κ2) is 8.55. The van der Waals surface area contributed by atoms with E-state index in [0.29, 0.717) is 24.9 Å². The first kappa shape index (κ1) is 20.4. The van der Waals surface area contributed by atoms with E-state index in [2.05, 4.69) is 46.6 Å². The normalized spacial score (nSPS) is 12.5. The van der Waals surface area contributed by atoms with Crippen molar-refractivity contribution in [1.82, 2.24) is 29.5 Å². The number of aryl methyl sites for hydroxylation is 4. The second-order valence-corrected chi connectivity index (χ2v) is 7.99. The van der Waals surface area contributed by atoms with E-state index in [1.165, 1.54) is 5.56 Å². The van der Waals surface area contributed by atoms with E-state index >= 15 is 0 Å². The lowest BCUT2D eigenvalue weighted by Gasteiger charge is -2.17. The fourth-order valence-electron chi connectivity index (χ4n) is 4.20. The van der Waals surface area contributed by atoms with Crippen LogP contribution in [0.25, 0.3) is 22.5 Å². The molecule has 1 N–H and O–H groups in total. The zero-order valence-corrected chi connectivity index (χ0v) is 18.7. The van der Waals surface area contributed by atoms with Gasteiger partial charge in [0.1, 0.15) is 0 Å². The molecule has 164 valence electrons. The van der Waals surface area contributed by atoms with E-state index in [9.17, 15) is 0 Å². The first-order valence-corrected chi connectivity index (χ1v) is 11.0. The molecule has 32 heavy (non-hydrogen) atoms. The number of hydrogen-bond donors (Lipinski definition) is 1. The van der Waals surface area contributed by atoms with Crippen LogP contribution in [-0.4, -0.2) is 43.2 Å². The molecule has 0 saturated heterocycles. The molecule has 1 aliphatic rings. The van der Waals surface area contributed by atoms with Crippen molar-refractivity contribution in [2.24, 2.45) is 7.05 Å². The number of nitrogens with one attached hydrogen (secondary N) is 1. The summed E-state index contributed by atoms with van der Waals surface area (Å²) >= 11 is 0. The maximum atomic E-state index is 5.12. The maximum absolute atomic E-state index is 5.12. The highest BCUT2D eigenvalue weighted by atomic mass is 16.5. The van der Waals surface area contributed by atoms with E-state index in [1.807, 2.05) is 34.9 Å². The van der Waals surface area contributed by atoms with Crippen LogP contribution in [0.2, 0.25) is 0 Å². The van der Waals surface area contributed by atoms with Crippen molar-refractivity contribution >= 4 is 11.8 Å². The van der Waals surface area contributed by atoms with Crippen LogP contribution >= 0.6 is 0 Å². The Morgan fingerprint density at radius 2 is 1.94 bits per heavy atom. The highest BCUT2D eigenvalue weighted by Crippen LogP contribution is 2.39. The summed E-state index contributed by atoms with van der Waals surface area (Å²) in [6, 6.07) is 10.6.